The summed E-state index contributed by atoms with van der Waals surface area (Å²) in [5, 5.41) is 41.2. The van der Waals surface area contributed by atoms with E-state index in [0.717, 1.165) is 4.90 Å². The topological polar surface area (TPSA) is 138 Å². The van der Waals surface area contributed by atoms with Crippen molar-refractivity contribution in [2.75, 3.05) is 24.3 Å². The molecule has 0 fully saturated rings. The molecule has 0 amide bonds. The summed E-state index contributed by atoms with van der Waals surface area (Å²) in [5.41, 5.74) is 0.926. The summed E-state index contributed by atoms with van der Waals surface area (Å²) in [4.78, 5) is 9.54. The first-order chi connectivity index (χ1) is 14.7. The first-order valence-corrected chi connectivity index (χ1v) is 10.8. The summed E-state index contributed by atoms with van der Waals surface area (Å²) in [6.07, 6.45) is 4.03. The molecule has 4 rings (SSSR count). The van der Waals surface area contributed by atoms with Crippen molar-refractivity contribution in [2.24, 2.45) is 0 Å². The molecule has 156 valence electrons. The van der Waals surface area contributed by atoms with Crippen LogP contribution in [0.2, 0.25) is 0 Å². The number of rotatable bonds is 9. The van der Waals surface area contributed by atoms with Crippen molar-refractivity contribution < 1.29 is 20.1 Å². The third-order valence-corrected chi connectivity index (χ3v) is 5.68. The van der Waals surface area contributed by atoms with Crippen LogP contribution in [0.25, 0.3) is 5.65 Å². The molecule has 0 bridgehead atoms. The van der Waals surface area contributed by atoms with E-state index < -0.39 is 12.7 Å². The van der Waals surface area contributed by atoms with Gasteiger partial charge in [0.2, 0.25) is 5.65 Å². The second kappa shape index (κ2) is 9.36. The number of hydrogen-bond donors (Lipinski definition) is 4. The number of thiazole rings is 1. The highest BCUT2D eigenvalue weighted by Gasteiger charge is 2.15. The highest BCUT2D eigenvalue weighted by Crippen LogP contribution is 2.35. The lowest BCUT2D eigenvalue weighted by Gasteiger charge is -2.13. The van der Waals surface area contributed by atoms with Crippen molar-refractivity contribution in [3.05, 3.63) is 48.0 Å². The molecule has 0 spiro atoms. The third-order valence-electron chi connectivity index (χ3n) is 3.96. The van der Waals surface area contributed by atoms with E-state index in [1.165, 1.54) is 23.1 Å². The van der Waals surface area contributed by atoms with E-state index in [2.05, 4.69) is 25.5 Å². The zero-order valence-electron chi connectivity index (χ0n) is 15.5. The Morgan fingerprint density at radius 3 is 3.03 bits per heavy atom. The van der Waals surface area contributed by atoms with Crippen LogP contribution in [0.15, 0.2) is 47.2 Å². The Kier molecular flexibility index (Phi) is 6.40. The van der Waals surface area contributed by atoms with E-state index in [1.54, 1.807) is 28.4 Å². The van der Waals surface area contributed by atoms with Gasteiger partial charge in [-0.25, -0.2) is 9.97 Å². The molecule has 30 heavy (non-hydrogen) atoms. The van der Waals surface area contributed by atoms with Gasteiger partial charge in [0, 0.05) is 28.4 Å². The van der Waals surface area contributed by atoms with Crippen LogP contribution in [0, 0.1) is 0 Å². The maximum Gasteiger partial charge on any atom is 0.203 e. The normalized spacial score (nSPS) is 12.2. The molecule has 0 aliphatic carbocycles. The van der Waals surface area contributed by atoms with Crippen molar-refractivity contribution in [2.45, 2.75) is 11.0 Å². The molecule has 0 radical (unpaired) electrons. The minimum absolute atomic E-state index is 0.0506. The third kappa shape index (κ3) is 4.52. The highest BCUT2D eigenvalue weighted by molar-refractivity contribution is 7.99. The SMILES string of the molecule is OCCSc1cnc(Nc2nc(C(O)CO)cs2)c(Oc2cccn3cnnc23)c1. The largest absolute Gasteiger partial charge is 0.449 e. The summed E-state index contributed by atoms with van der Waals surface area (Å²) < 4.78 is 7.85. The number of anilines is 2. The number of thioether (sulfide) groups is 1. The average Bonchev–Trinajstić information content (AvgIpc) is 3.43. The van der Waals surface area contributed by atoms with Crippen LogP contribution in [0.1, 0.15) is 11.8 Å². The minimum Gasteiger partial charge on any atom is -0.449 e. The standard InChI is InChI=1S/C18H18N6O4S2/c25-4-5-29-11-6-15(28-14-2-1-3-24-10-20-23-17(14)24)16(19-7-11)22-18-21-12(9-30-18)13(27)8-26/h1-3,6-7,9-10,13,25-27H,4-5,8H2,(H,19,21,22). The van der Waals surface area contributed by atoms with Crippen molar-refractivity contribution in [1.82, 2.24) is 24.6 Å². The summed E-state index contributed by atoms with van der Waals surface area (Å²) in [5.74, 6) is 1.89. The van der Waals surface area contributed by atoms with Crippen LogP contribution >= 0.6 is 23.1 Å². The number of hydrogen-bond acceptors (Lipinski definition) is 11. The Labute approximate surface area is 179 Å². The number of nitrogens with one attached hydrogen (secondary N) is 1. The zero-order chi connectivity index (χ0) is 20.9. The van der Waals surface area contributed by atoms with Crippen LogP contribution in [-0.4, -0.2) is 58.9 Å². The van der Waals surface area contributed by atoms with Crippen LogP contribution in [0.3, 0.4) is 0 Å². The Balaban J connectivity index is 1.65. The molecule has 10 nitrogen and oxygen atoms in total. The van der Waals surface area contributed by atoms with Gasteiger partial charge in [-0.2, -0.15) is 0 Å². The van der Waals surface area contributed by atoms with Crippen molar-refractivity contribution in [3.63, 3.8) is 0 Å². The first kappa shape index (κ1) is 20.5. The molecule has 0 aromatic carbocycles. The highest BCUT2D eigenvalue weighted by atomic mass is 32.2. The number of nitrogens with zero attached hydrogens (tertiary/aromatic N) is 5. The molecule has 4 N–H and O–H groups in total. The molecule has 12 heteroatoms. The quantitative estimate of drug-likeness (QED) is 0.283. The maximum atomic E-state index is 9.74. The van der Waals surface area contributed by atoms with Crippen molar-refractivity contribution in [3.8, 4) is 11.5 Å². The van der Waals surface area contributed by atoms with Crippen LogP contribution < -0.4 is 10.1 Å². The summed E-state index contributed by atoms with van der Waals surface area (Å²) in [7, 11) is 0. The number of pyridine rings is 2. The van der Waals surface area contributed by atoms with Crippen molar-refractivity contribution in [1.29, 1.82) is 0 Å². The number of ether oxygens (including phenoxy) is 1. The fraction of sp³-hybridized carbons (Fsp3) is 0.222. The summed E-state index contributed by atoms with van der Waals surface area (Å²) >= 11 is 2.72. The molecule has 0 aliphatic heterocycles. The average molecular weight is 447 g/mol. The Bertz CT molecular complexity index is 1130. The lowest BCUT2D eigenvalue weighted by Crippen LogP contribution is -2.03. The van der Waals surface area contributed by atoms with Gasteiger partial charge in [0.15, 0.2) is 22.4 Å². The van der Waals surface area contributed by atoms with Gasteiger partial charge in [0.05, 0.1) is 18.9 Å². The Morgan fingerprint density at radius 1 is 1.30 bits per heavy atom. The first-order valence-electron chi connectivity index (χ1n) is 8.89. The van der Waals surface area contributed by atoms with Gasteiger partial charge < -0.3 is 25.4 Å². The van der Waals surface area contributed by atoms with E-state index in [4.69, 9.17) is 14.9 Å². The van der Waals surface area contributed by atoms with Gasteiger partial charge >= 0.3 is 0 Å². The molecular formula is C18H18N6O4S2. The van der Waals surface area contributed by atoms with Crippen LogP contribution in [0.5, 0.6) is 11.5 Å². The van der Waals surface area contributed by atoms with E-state index in [1.807, 2.05) is 18.3 Å². The Morgan fingerprint density at radius 2 is 2.20 bits per heavy atom. The fourth-order valence-corrected chi connectivity index (χ4v) is 3.96. The molecule has 4 aromatic rings. The van der Waals surface area contributed by atoms with Crippen LogP contribution in [0.4, 0.5) is 10.9 Å². The number of fused-ring (bicyclic) bond motifs is 1. The maximum absolute atomic E-state index is 9.74. The predicted molar refractivity (Wildman–Crippen MR) is 113 cm³/mol. The predicted octanol–water partition coefficient (Wildman–Crippen LogP) is 2.23. The van der Waals surface area contributed by atoms with E-state index in [9.17, 15) is 5.11 Å². The number of aliphatic hydroxyl groups is 3. The smallest absolute Gasteiger partial charge is 0.203 e. The van der Waals surface area contributed by atoms with Gasteiger partial charge in [0.25, 0.3) is 0 Å². The molecule has 1 unspecified atom stereocenters. The second-order valence-corrected chi connectivity index (χ2v) is 8.05. The van der Waals surface area contributed by atoms with E-state index >= 15 is 0 Å². The Hall–Kier alpha value is -2.77. The van der Waals surface area contributed by atoms with Gasteiger partial charge in [-0.15, -0.1) is 33.3 Å². The van der Waals surface area contributed by atoms with E-state index in [-0.39, 0.29) is 6.61 Å². The molecule has 4 heterocycles. The van der Waals surface area contributed by atoms with Crippen molar-refractivity contribution >= 4 is 39.7 Å². The fourth-order valence-electron chi connectivity index (χ4n) is 2.56. The lowest BCUT2D eigenvalue weighted by atomic mass is 10.3. The van der Waals surface area contributed by atoms with Gasteiger partial charge in [-0.3, -0.25) is 4.40 Å². The van der Waals surface area contributed by atoms with Gasteiger partial charge in [-0.05, 0) is 18.2 Å². The number of aliphatic hydroxyl groups excluding tert-OH is 3. The van der Waals surface area contributed by atoms with E-state index in [0.29, 0.717) is 39.5 Å². The number of aromatic nitrogens is 5. The molecule has 0 aliphatic rings. The minimum atomic E-state index is -1.04. The lowest BCUT2D eigenvalue weighted by molar-refractivity contribution is 0.0928. The molecule has 0 saturated heterocycles. The van der Waals surface area contributed by atoms with Crippen LogP contribution in [-0.2, 0) is 0 Å². The molecule has 4 aromatic heterocycles. The zero-order valence-corrected chi connectivity index (χ0v) is 17.2. The molecule has 1 atom stereocenters. The molecular weight excluding hydrogens is 428 g/mol. The summed E-state index contributed by atoms with van der Waals surface area (Å²) in [6, 6.07) is 5.41. The van der Waals surface area contributed by atoms with Gasteiger partial charge in [0.1, 0.15) is 12.4 Å². The summed E-state index contributed by atoms with van der Waals surface area (Å²) in [6.45, 7) is -0.357. The van der Waals surface area contributed by atoms with Gasteiger partial charge in [-0.1, -0.05) is 0 Å². The second-order valence-electron chi connectivity index (χ2n) is 6.03. The monoisotopic (exact) mass is 446 g/mol. The molecule has 0 saturated carbocycles.